The number of rotatable bonds is 4. The van der Waals surface area contributed by atoms with E-state index in [0.29, 0.717) is 18.8 Å². The van der Waals surface area contributed by atoms with Gasteiger partial charge in [0, 0.05) is 25.1 Å². The Bertz CT molecular complexity index is 491. The molecule has 0 saturated heterocycles. The van der Waals surface area contributed by atoms with E-state index < -0.39 is 0 Å². The maximum absolute atomic E-state index is 11.7. The lowest BCUT2D eigenvalue weighted by atomic mass is 10.2. The third-order valence-corrected chi connectivity index (χ3v) is 2.42. The molecule has 0 unspecified atom stereocenters. The summed E-state index contributed by atoms with van der Waals surface area (Å²) < 4.78 is 6.86. The van der Waals surface area contributed by atoms with E-state index in [1.165, 1.54) is 0 Å². The molecule has 88 valence electrons. The van der Waals surface area contributed by atoms with E-state index in [9.17, 15) is 4.79 Å². The Kier molecular flexibility index (Phi) is 3.55. The van der Waals surface area contributed by atoms with E-state index in [0.717, 1.165) is 5.56 Å². The first-order valence-corrected chi connectivity index (χ1v) is 5.52. The first kappa shape index (κ1) is 11.4. The molecule has 0 radical (unpaired) electrons. The lowest BCUT2D eigenvalue weighted by Crippen LogP contribution is -2.12. The Morgan fingerprint density at radius 1 is 1.35 bits per heavy atom. The van der Waals surface area contributed by atoms with Crippen molar-refractivity contribution >= 4 is 5.97 Å². The fraction of sp³-hybridized carbons (Fsp3) is 0.231. The predicted molar refractivity (Wildman–Crippen MR) is 63.7 cm³/mol. The molecule has 17 heavy (non-hydrogen) atoms. The molecule has 2 aromatic rings. The lowest BCUT2D eigenvalue weighted by molar-refractivity contribution is 0.0514. The van der Waals surface area contributed by atoms with Gasteiger partial charge in [0.05, 0.1) is 6.61 Å². The van der Waals surface area contributed by atoms with Crippen LogP contribution in [-0.4, -0.2) is 22.1 Å². The zero-order chi connectivity index (χ0) is 12.1. The molecule has 0 atom stereocenters. The molecule has 4 heteroatoms. The minimum atomic E-state index is -0.286. The highest BCUT2D eigenvalue weighted by Crippen LogP contribution is 2.08. The van der Waals surface area contributed by atoms with Crippen LogP contribution in [0.1, 0.15) is 23.0 Å². The highest BCUT2D eigenvalue weighted by molar-refractivity contribution is 5.87. The van der Waals surface area contributed by atoms with Crippen LogP contribution in [0.25, 0.3) is 0 Å². The van der Waals surface area contributed by atoms with E-state index in [2.05, 4.69) is 4.98 Å². The summed E-state index contributed by atoms with van der Waals surface area (Å²) in [6, 6.07) is 7.45. The third kappa shape index (κ3) is 2.72. The number of aromatic nitrogens is 2. The largest absolute Gasteiger partial charge is 0.461 e. The summed E-state index contributed by atoms with van der Waals surface area (Å²) in [7, 11) is 0. The van der Waals surface area contributed by atoms with Crippen molar-refractivity contribution in [2.45, 2.75) is 13.5 Å². The zero-order valence-corrected chi connectivity index (χ0v) is 9.67. The molecule has 0 bridgehead atoms. The number of ether oxygens (including phenoxy) is 1. The second kappa shape index (κ2) is 5.30. The van der Waals surface area contributed by atoms with Gasteiger partial charge in [0.1, 0.15) is 5.69 Å². The van der Waals surface area contributed by atoms with Crippen LogP contribution >= 0.6 is 0 Å². The molecule has 0 spiro atoms. The van der Waals surface area contributed by atoms with E-state index in [1.807, 2.05) is 29.0 Å². The fourth-order valence-corrected chi connectivity index (χ4v) is 1.63. The van der Waals surface area contributed by atoms with Crippen molar-refractivity contribution in [1.29, 1.82) is 0 Å². The van der Waals surface area contributed by atoms with Crippen LogP contribution in [0, 0.1) is 0 Å². The molecule has 0 fully saturated rings. The van der Waals surface area contributed by atoms with E-state index >= 15 is 0 Å². The number of carbonyl (C=O) groups excluding carboxylic acids is 1. The van der Waals surface area contributed by atoms with Gasteiger partial charge in [-0.3, -0.25) is 4.98 Å². The number of carbonyl (C=O) groups is 1. The minimum Gasteiger partial charge on any atom is -0.461 e. The van der Waals surface area contributed by atoms with E-state index in [1.54, 1.807) is 25.4 Å². The molecular formula is C13H14N2O2. The van der Waals surface area contributed by atoms with Crippen molar-refractivity contribution in [2.24, 2.45) is 0 Å². The normalized spacial score (nSPS) is 10.2. The summed E-state index contributed by atoms with van der Waals surface area (Å²) in [6.07, 6.45) is 5.35. The number of pyridine rings is 1. The molecule has 0 amide bonds. The van der Waals surface area contributed by atoms with Crippen LogP contribution in [0.3, 0.4) is 0 Å². The molecule has 0 aliphatic carbocycles. The Labute approximate surface area is 99.9 Å². The van der Waals surface area contributed by atoms with Gasteiger partial charge in [-0.25, -0.2) is 4.79 Å². The summed E-state index contributed by atoms with van der Waals surface area (Å²) in [5, 5.41) is 0. The first-order chi connectivity index (χ1) is 8.31. The number of hydrogen-bond donors (Lipinski definition) is 0. The SMILES string of the molecule is CCOC(=O)c1cccn1Cc1ccncc1. The number of nitrogens with zero attached hydrogens (tertiary/aromatic N) is 2. The van der Waals surface area contributed by atoms with Crippen molar-refractivity contribution in [3.63, 3.8) is 0 Å². The molecule has 0 aromatic carbocycles. The Morgan fingerprint density at radius 3 is 2.82 bits per heavy atom. The van der Waals surface area contributed by atoms with E-state index in [4.69, 9.17) is 4.74 Å². The van der Waals surface area contributed by atoms with Gasteiger partial charge >= 0.3 is 5.97 Å². The lowest BCUT2D eigenvalue weighted by Gasteiger charge is -2.08. The predicted octanol–water partition coefficient (Wildman–Crippen LogP) is 2.11. The zero-order valence-electron chi connectivity index (χ0n) is 9.67. The molecule has 0 aliphatic heterocycles. The molecular weight excluding hydrogens is 216 g/mol. The average Bonchev–Trinajstić information content (AvgIpc) is 2.79. The maximum Gasteiger partial charge on any atom is 0.354 e. The van der Waals surface area contributed by atoms with Crippen molar-refractivity contribution < 1.29 is 9.53 Å². The molecule has 4 nitrogen and oxygen atoms in total. The number of hydrogen-bond acceptors (Lipinski definition) is 3. The van der Waals surface area contributed by atoms with Crippen molar-refractivity contribution in [3.8, 4) is 0 Å². The quantitative estimate of drug-likeness (QED) is 0.755. The van der Waals surface area contributed by atoms with Gasteiger partial charge < -0.3 is 9.30 Å². The highest BCUT2D eigenvalue weighted by Gasteiger charge is 2.11. The summed E-state index contributed by atoms with van der Waals surface area (Å²) in [4.78, 5) is 15.6. The van der Waals surface area contributed by atoms with Crippen LogP contribution in [0.2, 0.25) is 0 Å². The Morgan fingerprint density at radius 2 is 2.12 bits per heavy atom. The van der Waals surface area contributed by atoms with Crippen LogP contribution in [0.5, 0.6) is 0 Å². The standard InChI is InChI=1S/C13H14N2O2/c1-2-17-13(16)12-4-3-9-15(12)10-11-5-7-14-8-6-11/h3-9H,2,10H2,1H3. The summed E-state index contributed by atoms with van der Waals surface area (Å²) in [5.41, 5.74) is 1.67. The van der Waals surface area contributed by atoms with Gasteiger partial charge in [-0.2, -0.15) is 0 Å². The van der Waals surface area contributed by atoms with Crippen molar-refractivity contribution in [3.05, 3.63) is 54.1 Å². The number of esters is 1. The monoisotopic (exact) mass is 230 g/mol. The summed E-state index contributed by atoms with van der Waals surface area (Å²) >= 11 is 0. The second-order valence-corrected chi connectivity index (χ2v) is 3.60. The van der Waals surface area contributed by atoms with E-state index in [-0.39, 0.29) is 5.97 Å². The minimum absolute atomic E-state index is 0.286. The molecule has 2 aromatic heterocycles. The van der Waals surface area contributed by atoms with Crippen LogP contribution in [-0.2, 0) is 11.3 Å². The first-order valence-electron chi connectivity index (χ1n) is 5.52. The molecule has 0 aliphatic rings. The highest BCUT2D eigenvalue weighted by atomic mass is 16.5. The average molecular weight is 230 g/mol. The molecule has 0 saturated carbocycles. The van der Waals surface area contributed by atoms with Crippen molar-refractivity contribution in [2.75, 3.05) is 6.61 Å². The second-order valence-electron chi connectivity index (χ2n) is 3.60. The van der Waals surface area contributed by atoms with Gasteiger partial charge in [-0.1, -0.05) is 0 Å². The third-order valence-electron chi connectivity index (χ3n) is 2.42. The van der Waals surface area contributed by atoms with Gasteiger partial charge in [0.25, 0.3) is 0 Å². The maximum atomic E-state index is 11.7. The summed E-state index contributed by atoms with van der Waals surface area (Å²) in [5.74, 6) is -0.286. The van der Waals surface area contributed by atoms with Gasteiger partial charge in [-0.15, -0.1) is 0 Å². The van der Waals surface area contributed by atoms with Gasteiger partial charge in [0.2, 0.25) is 0 Å². The molecule has 0 N–H and O–H groups in total. The summed E-state index contributed by atoms with van der Waals surface area (Å²) in [6.45, 7) is 2.83. The van der Waals surface area contributed by atoms with Crippen LogP contribution < -0.4 is 0 Å². The van der Waals surface area contributed by atoms with Gasteiger partial charge in [-0.05, 0) is 36.8 Å². The Hall–Kier alpha value is -2.10. The fourth-order valence-electron chi connectivity index (χ4n) is 1.63. The van der Waals surface area contributed by atoms with Crippen molar-refractivity contribution in [1.82, 2.24) is 9.55 Å². The van der Waals surface area contributed by atoms with Crippen LogP contribution in [0.4, 0.5) is 0 Å². The molecule has 2 heterocycles. The van der Waals surface area contributed by atoms with Gasteiger partial charge in [0.15, 0.2) is 0 Å². The smallest absolute Gasteiger partial charge is 0.354 e. The topological polar surface area (TPSA) is 44.1 Å². The molecule has 2 rings (SSSR count). The van der Waals surface area contributed by atoms with Crippen LogP contribution in [0.15, 0.2) is 42.9 Å². The Balaban J connectivity index is 2.17.